The number of benzene rings is 2. The number of aryl methyl sites for hydroxylation is 2. The smallest absolute Gasteiger partial charge is 0.251 e. The number of carbonyl (C=O) groups excluding carboxylic acids is 1. The van der Waals surface area contributed by atoms with Crippen molar-refractivity contribution in [3.63, 3.8) is 0 Å². The molecule has 0 aliphatic heterocycles. The average molecular weight is 349 g/mol. The van der Waals surface area contributed by atoms with Crippen LogP contribution in [0.4, 0.5) is 0 Å². The third-order valence-electron chi connectivity index (χ3n) is 5.22. The fourth-order valence-electron chi connectivity index (χ4n) is 3.40. The van der Waals surface area contributed by atoms with E-state index >= 15 is 0 Å². The molecule has 5 nitrogen and oxygen atoms in total. The van der Waals surface area contributed by atoms with Crippen LogP contribution < -0.4 is 10.1 Å². The molecule has 1 aliphatic rings. The Bertz CT molecular complexity index is 955. The van der Waals surface area contributed by atoms with Gasteiger partial charge in [0, 0.05) is 12.6 Å². The molecule has 1 aromatic heterocycles. The second-order valence-corrected chi connectivity index (χ2v) is 6.98. The number of methoxy groups -OCH3 is 1. The molecule has 1 atom stereocenters. The number of nitrogens with one attached hydrogen (secondary N) is 1. The fraction of sp³-hybridized carbons (Fsp3) is 0.333. The largest absolute Gasteiger partial charge is 0.497 e. The van der Waals surface area contributed by atoms with Gasteiger partial charge in [-0.2, -0.15) is 0 Å². The zero-order chi connectivity index (χ0) is 18.3. The van der Waals surface area contributed by atoms with Crippen LogP contribution in [0.5, 0.6) is 5.75 Å². The SMILES string of the molecule is COc1ccc(C(NC(=O)c2ccc3c(c2)nc(C)n3C)C2CC2)cc1. The summed E-state index contributed by atoms with van der Waals surface area (Å²) in [4.78, 5) is 17.4. The maximum Gasteiger partial charge on any atom is 0.251 e. The van der Waals surface area contributed by atoms with Crippen molar-refractivity contribution in [2.24, 2.45) is 13.0 Å². The number of nitrogens with zero attached hydrogens (tertiary/aromatic N) is 2. The molecule has 3 aromatic rings. The molecule has 1 aliphatic carbocycles. The molecule has 1 saturated carbocycles. The minimum Gasteiger partial charge on any atom is -0.497 e. The summed E-state index contributed by atoms with van der Waals surface area (Å²) in [6.07, 6.45) is 2.30. The first-order valence-corrected chi connectivity index (χ1v) is 8.94. The number of rotatable bonds is 5. The molecular weight excluding hydrogens is 326 g/mol. The van der Waals surface area contributed by atoms with Gasteiger partial charge in [0.2, 0.25) is 0 Å². The molecule has 0 bridgehead atoms. The Balaban J connectivity index is 1.58. The number of hydrogen-bond acceptors (Lipinski definition) is 3. The molecule has 1 unspecified atom stereocenters. The zero-order valence-corrected chi connectivity index (χ0v) is 15.3. The molecule has 26 heavy (non-hydrogen) atoms. The minimum absolute atomic E-state index is 0.0366. The number of aromatic nitrogens is 2. The predicted octanol–water partition coefficient (Wildman–Crippen LogP) is 3.77. The highest BCUT2D eigenvalue weighted by molar-refractivity contribution is 5.97. The zero-order valence-electron chi connectivity index (χ0n) is 15.3. The highest BCUT2D eigenvalue weighted by Crippen LogP contribution is 2.41. The summed E-state index contributed by atoms with van der Waals surface area (Å²) >= 11 is 0. The topological polar surface area (TPSA) is 56.1 Å². The molecule has 1 N–H and O–H groups in total. The summed E-state index contributed by atoms with van der Waals surface area (Å²) in [6, 6.07) is 13.7. The lowest BCUT2D eigenvalue weighted by Crippen LogP contribution is -2.29. The van der Waals surface area contributed by atoms with Gasteiger partial charge < -0.3 is 14.6 Å². The Morgan fingerprint density at radius 2 is 1.96 bits per heavy atom. The third-order valence-corrected chi connectivity index (χ3v) is 5.22. The molecule has 134 valence electrons. The number of hydrogen-bond donors (Lipinski definition) is 1. The van der Waals surface area contributed by atoms with Crippen LogP contribution in [0.2, 0.25) is 0 Å². The van der Waals surface area contributed by atoms with Gasteiger partial charge in [-0.1, -0.05) is 12.1 Å². The van der Waals surface area contributed by atoms with Gasteiger partial charge in [-0.25, -0.2) is 4.98 Å². The van der Waals surface area contributed by atoms with Gasteiger partial charge >= 0.3 is 0 Å². The lowest BCUT2D eigenvalue weighted by Gasteiger charge is -2.19. The van der Waals surface area contributed by atoms with E-state index in [9.17, 15) is 4.79 Å². The Kier molecular flexibility index (Phi) is 4.15. The quantitative estimate of drug-likeness (QED) is 0.763. The van der Waals surface area contributed by atoms with Crippen LogP contribution in [-0.4, -0.2) is 22.6 Å². The van der Waals surface area contributed by atoms with Gasteiger partial charge in [-0.15, -0.1) is 0 Å². The van der Waals surface area contributed by atoms with Crippen molar-refractivity contribution in [3.8, 4) is 5.75 Å². The first-order valence-electron chi connectivity index (χ1n) is 8.94. The van der Waals surface area contributed by atoms with Crippen molar-refractivity contribution in [2.75, 3.05) is 7.11 Å². The van der Waals surface area contributed by atoms with Gasteiger partial charge in [-0.05, 0) is 61.6 Å². The van der Waals surface area contributed by atoms with Crippen LogP contribution in [0.25, 0.3) is 11.0 Å². The molecule has 2 aromatic carbocycles. The monoisotopic (exact) mass is 349 g/mol. The van der Waals surface area contributed by atoms with Crippen molar-refractivity contribution in [2.45, 2.75) is 25.8 Å². The van der Waals surface area contributed by atoms with E-state index < -0.39 is 0 Å². The van der Waals surface area contributed by atoms with Gasteiger partial charge in [0.15, 0.2) is 0 Å². The number of carbonyl (C=O) groups is 1. The van der Waals surface area contributed by atoms with Gasteiger partial charge in [0.1, 0.15) is 11.6 Å². The van der Waals surface area contributed by atoms with Crippen LogP contribution in [0.1, 0.15) is 40.6 Å². The maximum atomic E-state index is 12.8. The van der Waals surface area contributed by atoms with Crippen molar-refractivity contribution in [1.29, 1.82) is 0 Å². The molecular formula is C21H23N3O2. The Morgan fingerprint density at radius 3 is 2.62 bits per heavy atom. The van der Waals surface area contributed by atoms with Crippen molar-refractivity contribution in [3.05, 3.63) is 59.4 Å². The molecule has 1 amide bonds. The summed E-state index contributed by atoms with van der Waals surface area (Å²) in [5.74, 6) is 2.22. The van der Waals surface area contributed by atoms with Crippen LogP contribution in [-0.2, 0) is 7.05 Å². The lowest BCUT2D eigenvalue weighted by atomic mass is 10.0. The minimum atomic E-state index is -0.0528. The van der Waals surface area contributed by atoms with E-state index in [0.717, 1.165) is 41.0 Å². The van der Waals surface area contributed by atoms with Crippen LogP contribution >= 0.6 is 0 Å². The van der Waals surface area contributed by atoms with E-state index in [2.05, 4.69) is 10.3 Å². The summed E-state index contributed by atoms with van der Waals surface area (Å²) in [7, 11) is 3.64. The molecule has 4 rings (SSSR count). The fourth-order valence-corrected chi connectivity index (χ4v) is 3.40. The van der Waals surface area contributed by atoms with E-state index in [1.54, 1.807) is 7.11 Å². The Hall–Kier alpha value is -2.82. The summed E-state index contributed by atoms with van der Waals surface area (Å²) in [6.45, 7) is 1.96. The third kappa shape index (κ3) is 3.05. The summed E-state index contributed by atoms with van der Waals surface area (Å²) < 4.78 is 7.26. The molecule has 0 saturated heterocycles. The highest BCUT2D eigenvalue weighted by Gasteiger charge is 2.33. The van der Waals surface area contributed by atoms with E-state index in [0.29, 0.717) is 11.5 Å². The second-order valence-electron chi connectivity index (χ2n) is 6.98. The Morgan fingerprint density at radius 1 is 1.23 bits per heavy atom. The number of ether oxygens (including phenoxy) is 1. The Labute approximate surface area is 153 Å². The van der Waals surface area contributed by atoms with Gasteiger partial charge in [0.05, 0.1) is 24.2 Å². The number of imidazole rings is 1. The highest BCUT2D eigenvalue weighted by atomic mass is 16.5. The standard InChI is InChI=1S/C21H23N3O2/c1-13-22-18-12-16(8-11-19(18)24(13)2)21(25)23-20(14-4-5-14)15-6-9-17(26-3)10-7-15/h6-12,14,20H,4-5H2,1-3H3,(H,23,25). The molecule has 5 heteroatoms. The molecule has 0 radical (unpaired) electrons. The number of amides is 1. The van der Waals surface area contributed by atoms with Crippen molar-refractivity contribution in [1.82, 2.24) is 14.9 Å². The molecule has 1 fully saturated rings. The molecule has 1 heterocycles. The molecule has 0 spiro atoms. The lowest BCUT2D eigenvalue weighted by molar-refractivity contribution is 0.0932. The van der Waals surface area contributed by atoms with E-state index in [4.69, 9.17) is 4.74 Å². The van der Waals surface area contributed by atoms with E-state index in [1.807, 2.05) is 61.0 Å². The maximum absolute atomic E-state index is 12.8. The summed E-state index contributed by atoms with van der Waals surface area (Å²) in [5, 5.41) is 3.22. The van der Waals surface area contributed by atoms with E-state index in [-0.39, 0.29) is 11.9 Å². The number of fused-ring (bicyclic) bond motifs is 1. The average Bonchev–Trinajstić information content (AvgIpc) is 3.46. The van der Waals surface area contributed by atoms with Crippen LogP contribution in [0, 0.1) is 12.8 Å². The van der Waals surface area contributed by atoms with Crippen LogP contribution in [0.15, 0.2) is 42.5 Å². The first-order chi connectivity index (χ1) is 12.6. The van der Waals surface area contributed by atoms with Gasteiger partial charge in [0.25, 0.3) is 5.91 Å². The van der Waals surface area contributed by atoms with Crippen molar-refractivity contribution < 1.29 is 9.53 Å². The summed E-state index contributed by atoms with van der Waals surface area (Å²) in [5.41, 5.74) is 3.66. The van der Waals surface area contributed by atoms with Crippen molar-refractivity contribution >= 4 is 16.9 Å². The van der Waals surface area contributed by atoms with E-state index in [1.165, 1.54) is 0 Å². The first kappa shape index (κ1) is 16.6. The second kappa shape index (κ2) is 6.48. The predicted molar refractivity (Wildman–Crippen MR) is 101 cm³/mol. The normalized spacial score (nSPS) is 15.0. The van der Waals surface area contributed by atoms with Gasteiger partial charge in [-0.3, -0.25) is 4.79 Å². The van der Waals surface area contributed by atoms with Crippen LogP contribution in [0.3, 0.4) is 0 Å².